The topological polar surface area (TPSA) is 50.8 Å². The lowest BCUT2D eigenvalue weighted by Crippen LogP contribution is -2.46. The number of methoxy groups -OCH3 is 1. The summed E-state index contributed by atoms with van der Waals surface area (Å²) in [5.74, 6) is 2.50. The summed E-state index contributed by atoms with van der Waals surface area (Å²) in [6, 6.07) is 6.77. The SMILES string of the molecule is COc1ccc2c(c1)OCC(CNC(=O)C1CCN(C3CCCCC3)CC1)C2. The van der Waals surface area contributed by atoms with Gasteiger partial charge in [-0.05, 0) is 56.8 Å². The zero-order valence-corrected chi connectivity index (χ0v) is 17.1. The molecule has 5 nitrogen and oxygen atoms in total. The van der Waals surface area contributed by atoms with Gasteiger partial charge in [0.25, 0.3) is 0 Å². The maximum Gasteiger partial charge on any atom is 0.223 e. The van der Waals surface area contributed by atoms with Crippen molar-refractivity contribution in [1.82, 2.24) is 10.2 Å². The van der Waals surface area contributed by atoms with Crippen LogP contribution in [0, 0.1) is 11.8 Å². The molecule has 2 heterocycles. The highest BCUT2D eigenvalue weighted by Crippen LogP contribution is 2.31. The number of hydrogen-bond donors (Lipinski definition) is 1. The van der Waals surface area contributed by atoms with E-state index in [1.54, 1.807) is 7.11 Å². The van der Waals surface area contributed by atoms with Crippen LogP contribution in [-0.4, -0.2) is 50.2 Å². The Morgan fingerprint density at radius 2 is 1.96 bits per heavy atom. The lowest BCUT2D eigenvalue weighted by atomic mass is 9.89. The average Bonchev–Trinajstić information content (AvgIpc) is 2.77. The zero-order valence-electron chi connectivity index (χ0n) is 17.1. The van der Waals surface area contributed by atoms with Crippen LogP contribution in [0.2, 0.25) is 0 Å². The van der Waals surface area contributed by atoms with Crippen molar-refractivity contribution in [1.29, 1.82) is 0 Å². The molecule has 1 N–H and O–H groups in total. The van der Waals surface area contributed by atoms with Gasteiger partial charge in [-0.3, -0.25) is 4.79 Å². The van der Waals surface area contributed by atoms with Crippen LogP contribution in [0.4, 0.5) is 0 Å². The molecule has 28 heavy (non-hydrogen) atoms. The fraction of sp³-hybridized carbons (Fsp3) is 0.696. The van der Waals surface area contributed by atoms with Gasteiger partial charge in [0.15, 0.2) is 0 Å². The van der Waals surface area contributed by atoms with Gasteiger partial charge in [-0.15, -0.1) is 0 Å². The number of carbonyl (C=O) groups is 1. The van der Waals surface area contributed by atoms with Crippen LogP contribution >= 0.6 is 0 Å². The molecule has 1 aromatic carbocycles. The molecule has 154 valence electrons. The summed E-state index contributed by atoms with van der Waals surface area (Å²) >= 11 is 0. The Labute approximate surface area is 168 Å². The third-order valence-electron chi connectivity index (χ3n) is 6.81. The molecule has 2 aliphatic heterocycles. The van der Waals surface area contributed by atoms with Gasteiger partial charge in [0.05, 0.1) is 13.7 Å². The highest BCUT2D eigenvalue weighted by atomic mass is 16.5. The lowest BCUT2D eigenvalue weighted by molar-refractivity contribution is -0.127. The van der Waals surface area contributed by atoms with Crippen molar-refractivity contribution in [3.8, 4) is 11.5 Å². The summed E-state index contributed by atoms with van der Waals surface area (Å²) < 4.78 is 11.2. The van der Waals surface area contributed by atoms with Gasteiger partial charge in [-0.25, -0.2) is 0 Å². The van der Waals surface area contributed by atoms with E-state index in [1.807, 2.05) is 12.1 Å². The number of rotatable bonds is 5. The fourth-order valence-electron chi connectivity index (χ4n) is 5.04. The van der Waals surface area contributed by atoms with Crippen molar-refractivity contribution in [2.75, 3.05) is 33.4 Å². The van der Waals surface area contributed by atoms with Crippen LogP contribution in [0.1, 0.15) is 50.5 Å². The zero-order chi connectivity index (χ0) is 19.3. The Balaban J connectivity index is 1.21. The van der Waals surface area contributed by atoms with Gasteiger partial charge in [0.1, 0.15) is 11.5 Å². The third kappa shape index (κ3) is 4.62. The summed E-state index contributed by atoms with van der Waals surface area (Å²) in [5.41, 5.74) is 1.20. The molecule has 0 bridgehead atoms. The predicted molar refractivity (Wildman–Crippen MR) is 110 cm³/mol. The second-order valence-electron chi connectivity index (χ2n) is 8.70. The molecule has 1 aliphatic carbocycles. The summed E-state index contributed by atoms with van der Waals surface area (Å²) in [4.78, 5) is 15.3. The Kier molecular flexibility index (Phi) is 6.40. The highest BCUT2D eigenvalue weighted by Gasteiger charge is 2.30. The van der Waals surface area contributed by atoms with E-state index >= 15 is 0 Å². The van der Waals surface area contributed by atoms with Gasteiger partial charge in [-0.1, -0.05) is 25.3 Å². The number of nitrogens with zero attached hydrogens (tertiary/aromatic N) is 1. The Bertz CT molecular complexity index is 664. The Hall–Kier alpha value is -1.75. The van der Waals surface area contributed by atoms with Gasteiger partial charge in [0, 0.05) is 30.5 Å². The van der Waals surface area contributed by atoms with Gasteiger partial charge >= 0.3 is 0 Å². The second-order valence-corrected chi connectivity index (χ2v) is 8.70. The molecule has 1 unspecified atom stereocenters. The quantitative estimate of drug-likeness (QED) is 0.843. The standard InChI is InChI=1S/C23H34N2O3/c1-27-21-8-7-19-13-17(16-28-22(19)14-21)15-24-23(26)18-9-11-25(12-10-18)20-5-3-2-4-6-20/h7-8,14,17-18,20H,2-6,9-13,15-16H2,1H3,(H,24,26). The number of piperidine rings is 1. The largest absolute Gasteiger partial charge is 0.497 e. The molecule has 0 radical (unpaired) electrons. The van der Waals surface area contributed by atoms with Crippen LogP contribution in [-0.2, 0) is 11.2 Å². The Morgan fingerprint density at radius 1 is 1.18 bits per heavy atom. The minimum atomic E-state index is 0.181. The van der Waals surface area contributed by atoms with Crippen LogP contribution in [0.5, 0.6) is 11.5 Å². The molecule has 1 amide bonds. The van der Waals surface area contributed by atoms with Crippen LogP contribution < -0.4 is 14.8 Å². The number of amides is 1. The summed E-state index contributed by atoms with van der Waals surface area (Å²) in [6.07, 6.45) is 9.82. The molecule has 3 aliphatic rings. The highest BCUT2D eigenvalue weighted by molar-refractivity contribution is 5.78. The first-order chi connectivity index (χ1) is 13.7. The molecular formula is C23H34N2O3. The van der Waals surface area contributed by atoms with Crippen molar-refractivity contribution >= 4 is 5.91 Å². The van der Waals surface area contributed by atoms with E-state index in [-0.39, 0.29) is 11.8 Å². The average molecular weight is 387 g/mol. The monoisotopic (exact) mass is 386 g/mol. The first kappa shape index (κ1) is 19.6. The third-order valence-corrected chi connectivity index (χ3v) is 6.81. The molecule has 1 aromatic rings. The summed E-state index contributed by atoms with van der Waals surface area (Å²) in [7, 11) is 1.67. The van der Waals surface area contributed by atoms with E-state index in [0.717, 1.165) is 49.9 Å². The van der Waals surface area contributed by atoms with E-state index in [1.165, 1.54) is 37.7 Å². The second kappa shape index (κ2) is 9.17. The van der Waals surface area contributed by atoms with E-state index in [4.69, 9.17) is 9.47 Å². The maximum atomic E-state index is 12.7. The lowest BCUT2D eigenvalue weighted by Gasteiger charge is -2.39. The number of fused-ring (bicyclic) bond motifs is 1. The van der Waals surface area contributed by atoms with Crippen molar-refractivity contribution < 1.29 is 14.3 Å². The minimum Gasteiger partial charge on any atom is -0.497 e. The molecular weight excluding hydrogens is 352 g/mol. The number of ether oxygens (including phenoxy) is 2. The number of benzene rings is 1. The van der Waals surface area contributed by atoms with Crippen LogP contribution in [0.15, 0.2) is 18.2 Å². The molecule has 4 rings (SSSR count). The number of likely N-dealkylation sites (tertiary alicyclic amines) is 1. The van der Waals surface area contributed by atoms with E-state index in [0.29, 0.717) is 19.1 Å². The molecule has 1 atom stereocenters. The van der Waals surface area contributed by atoms with Gasteiger partial charge in [0.2, 0.25) is 5.91 Å². The predicted octanol–water partition coefficient (Wildman–Crippen LogP) is 3.41. The van der Waals surface area contributed by atoms with Gasteiger partial charge in [-0.2, -0.15) is 0 Å². The van der Waals surface area contributed by atoms with E-state index in [2.05, 4.69) is 16.3 Å². The summed E-state index contributed by atoms with van der Waals surface area (Å²) in [6.45, 7) is 3.53. The first-order valence-electron chi connectivity index (χ1n) is 11.0. The van der Waals surface area contributed by atoms with Crippen molar-refractivity contribution in [2.24, 2.45) is 11.8 Å². The fourth-order valence-corrected chi connectivity index (χ4v) is 5.04. The normalized spacial score (nSPS) is 24.2. The molecule has 0 spiro atoms. The number of nitrogens with one attached hydrogen (secondary N) is 1. The van der Waals surface area contributed by atoms with Crippen molar-refractivity contribution in [2.45, 2.75) is 57.4 Å². The van der Waals surface area contributed by atoms with E-state index < -0.39 is 0 Å². The molecule has 0 aromatic heterocycles. The molecule has 1 saturated carbocycles. The summed E-state index contributed by atoms with van der Waals surface area (Å²) in [5, 5.41) is 3.21. The molecule has 2 fully saturated rings. The molecule has 5 heteroatoms. The van der Waals surface area contributed by atoms with Crippen molar-refractivity contribution in [3.63, 3.8) is 0 Å². The Morgan fingerprint density at radius 3 is 2.71 bits per heavy atom. The van der Waals surface area contributed by atoms with Crippen LogP contribution in [0.25, 0.3) is 0 Å². The smallest absolute Gasteiger partial charge is 0.223 e. The minimum absolute atomic E-state index is 0.181. The molecule has 1 saturated heterocycles. The van der Waals surface area contributed by atoms with Crippen LogP contribution in [0.3, 0.4) is 0 Å². The van der Waals surface area contributed by atoms with Gasteiger partial charge < -0.3 is 19.7 Å². The first-order valence-corrected chi connectivity index (χ1v) is 11.0. The number of hydrogen-bond acceptors (Lipinski definition) is 4. The maximum absolute atomic E-state index is 12.7. The van der Waals surface area contributed by atoms with E-state index in [9.17, 15) is 4.79 Å². The van der Waals surface area contributed by atoms with Crippen molar-refractivity contribution in [3.05, 3.63) is 23.8 Å². The number of carbonyl (C=O) groups excluding carboxylic acids is 1.